The third kappa shape index (κ3) is 7.38. The molecule has 0 radical (unpaired) electrons. The van der Waals surface area contributed by atoms with Gasteiger partial charge in [-0.3, -0.25) is 14.4 Å². The molecule has 0 saturated heterocycles. The molecule has 0 aliphatic heterocycles. The summed E-state index contributed by atoms with van der Waals surface area (Å²) < 4.78 is 0.694. The van der Waals surface area contributed by atoms with Gasteiger partial charge in [-0.2, -0.15) is 4.98 Å². The average Bonchev–Trinajstić information content (AvgIpc) is 3.36. The fraction of sp³-hybridized carbons (Fsp3) is 0.458. The number of primary amides is 1. The molecule has 1 aliphatic rings. The highest BCUT2D eigenvalue weighted by molar-refractivity contribution is 9.10. The number of amides is 3. The van der Waals surface area contributed by atoms with Crippen LogP contribution in [0, 0.1) is 11.3 Å². The Labute approximate surface area is 213 Å². The Morgan fingerprint density at radius 1 is 1.14 bits per heavy atom. The lowest BCUT2D eigenvalue weighted by Crippen LogP contribution is -2.46. The first-order valence-electron chi connectivity index (χ1n) is 11.7. The van der Waals surface area contributed by atoms with Crippen molar-refractivity contribution in [2.24, 2.45) is 17.1 Å². The van der Waals surface area contributed by atoms with E-state index in [4.69, 9.17) is 5.73 Å². The third-order valence-electron chi connectivity index (χ3n) is 5.97. The molecule has 1 aliphatic carbocycles. The number of nitrogens with one attached hydrogen (secondary N) is 4. The second-order valence-corrected chi connectivity index (χ2v) is 9.95. The molecule has 11 heteroatoms. The van der Waals surface area contributed by atoms with Crippen molar-refractivity contribution in [2.45, 2.75) is 46.0 Å². The molecule has 3 amide bonds. The van der Waals surface area contributed by atoms with E-state index < -0.39 is 17.2 Å². The zero-order chi connectivity index (χ0) is 25.4. The first kappa shape index (κ1) is 26.4. The van der Waals surface area contributed by atoms with Crippen molar-refractivity contribution in [3.63, 3.8) is 0 Å². The molecule has 35 heavy (non-hydrogen) atoms. The van der Waals surface area contributed by atoms with Crippen LogP contribution in [-0.2, 0) is 14.4 Å². The van der Waals surface area contributed by atoms with Gasteiger partial charge in [0.1, 0.15) is 11.2 Å². The van der Waals surface area contributed by atoms with Gasteiger partial charge < -0.3 is 27.0 Å². The molecule has 188 valence electrons. The summed E-state index contributed by atoms with van der Waals surface area (Å²) in [7, 11) is 0. The fourth-order valence-electron chi connectivity index (χ4n) is 3.62. The fourth-order valence-corrected chi connectivity index (χ4v) is 3.95. The molecular weight excluding hydrogens is 514 g/mol. The van der Waals surface area contributed by atoms with Gasteiger partial charge in [-0.1, -0.05) is 18.9 Å². The molecule has 0 atom stereocenters. The zero-order valence-electron chi connectivity index (χ0n) is 20.0. The van der Waals surface area contributed by atoms with E-state index in [1.807, 2.05) is 24.3 Å². The van der Waals surface area contributed by atoms with E-state index in [-0.39, 0.29) is 11.8 Å². The first-order valence-corrected chi connectivity index (χ1v) is 12.5. The lowest BCUT2D eigenvalue weighted by Gasteiger charge is -2.19. The van der Waals surface area contributed by atoms with Crippen LogP contribution in [-0.4, -0.2) is 40.8 Å². The number of benzene rings is 1. The molecule has 0 spiro atoms. The molecular formula is C24H32BrN7O3. The van der Waals surface area contributed by atoms with Gasteiger partial charge in [-0.25, -0.2) is 4.98 Å². The lowest BCUT2D eigenvalue weighted by atomic mass is 9.91. The number of hydrogen-bond acceptors (Lipinski definition) is 7. The van der Waals surface area contributed by atoms with Gasteiger partial charge in [0.25, 0.3) is 0 Å². The SMILES string of the molecule is CC(C)(C(N)=O)C(=O)NCCCNc1nc(Nc2cccc(NC(=O)C3CCCC3)c2)ncc1Br. The summed E-state index contributed by atoms with van der Waals surface area (Å²) in [4.78, 5) is 44.6. The van der Waals surface area contributed by atoms with Crippen molar-refractivity contribution in [3.05, 3.63) is 34.9 Å². The van der Waals surface area contributed by atoms with Crippen molar-refractivity contribution >= 4 is 56.8 Å². The topological polar surface area (TPSA) is 151 Å². The Kier molecular flexibility index (Phi) is 9.02. The molecule has 2 aromatic rings. The van der Waals surface area contributed by atoms with Gasteiger partial charge in [-0.05, 0) is 67.2 Å². The summed E-state index contributed by atoms with van der Waals surface area (Å²) in [6, 6.07) is 7.44. The largest absolute Gasteiger partial charge is 0.369 e. The summed E-state index contributed by atoms with van der Waals surface area (Å²) in [5.74, 6) is 0.0862. The minimum Gasteiger partial charge on any atom is -0.369 e. The number of aromatic nitrogens is 2. The van der Waals surface area contributed by atoms with Gasteiger partial charge in [0.15, 0.2) is 0 Å². The number of nitrogens with zero attached hydrogens (tertiary/aromatic N) is 2. The Bertz CT molecular complexity index is 1070. The van der Waals surface area contributed by atoms with Crippen molar-refractivity contribution < 1.29 is 14.4 Å². The Morgan fingerprint density at radius 2 is 1.86 bits per heavy atom. The standard InChI is InChI=1S/C24H32BrN7O3/c1-24(2,21(26)34)22(35)28-12-6-11-27-19-18(25)14-29-23(32-19)31-17-10-5-9-16(13-17)30-20(33)15-7-3-4-8-15/h5,9-10,13-15H,3-4,6-8,11-12H2,1-2H3,(H2,26,34)(H,28,35)(H,30,33)(H2,27,29,31,32). The molecule has 10 nitrogen and oxygen atoms in total. The number of carbonyl (C=O) groups excluding carboxylic acids is 3. The maximum Gasteiger partial charge on any atom is 0.235 e. The van der Waals surface area contributed by atoms with Gasteiger partial charge in [0.2, 0.25) is 23.7 Å². The quantitative estimate of drug-likeness (QED) is 0.214. The second-order valence-electron chi connectivity index (χ2n) is 9.09. The maximum atomic E-state index is 12.4. The van der Waals surface area contributed by atoms with Crippen LogP contribution < -0.4 is 27.0 Å². The Balaban J connectivity index is 1.51. The minimum absolute atomic E-state index is 0.0698. The molecule has 6 N–H and O–H groups in total. The van der Waals surface area contributed by atoms with Gasteiger partial charge in [0, 0.05) is 36.6 Å². The molecule has 0 bridgehead atoms. The van der Waals surface area contributed by atoms with E-state index in [2.05, 4.69) is 47.2 Å². The van der Waals surface area contributed by atoms with Crippen LogP contribution in [0.4, 0.5) is 23.1 Å². The lowest BCUT2D eigenvalue weighted by molar-refractivity contribution is -0.139. The number of rotatable bonds is 11. The molecule has 1 aromatic carbocycles. The first-order chi connectivity index (χ1) is 16.7. The number of hydrogen-bond donors (Lipinski definition) is 5. The van der Waals surface area contributed by atoms with Crippen LogP contribution in [0.1, 0.15) is 46.0 Å². The zero-order valence-corrected chi connectivity index (χ0v) is 21.6. The van der Waals surface area contributed by atoms with E-state index in [9.17, 15) is 14.4 Å². The highest BCUT2D eigenvalue weighted by Gasteiger charge is 2.33. The average molecular weight is 546 g/mol. The molecule has 3 rings (SSSR count). The molecule has 1 fully saturated rings. The molecule has 1 heterocycles. The predicted octanol–water partition coefficient (Wildman–Crippen LogP) is 3.54. The molecule has 0 unspecified atom stereocenters. The van der Waals surface area contributed by atoms with E-state index in [1.165, 1.54) is 13.8 Å². The second kappa shape index (κ2) is 12.0. The maximum absolute atomic E-state index is 12.4. The monoisotopic (exact) mass is 545 g/mol. The van der Waals surface area contributed by atoms with Crippen LogP contribution in [0.3, 0.4) is 0 Å². The smallest absolute Gasteiger partial charge is 0.235 e. The van der Waals surface area contributed by atoms with Crippen LogP contribution in [0.5, 0.6) is 0 Å². The number of halogens is 1. The normalized spacial score (nSPS) is 13.8. The highest BCUT2D eigenvalue weighted by Crippen LogP contribution is 2.27. The van der Waals surface area contributed by atoms with E-state index in [0.29, 0.717) is 35.7 Å². The van der Waals surface area contributed by atoms with E-state index in [0.717, 1.165) is 37.1 Å². The highest BCUT2D eigenvalue weighted by atomic mass is 79.9. The summed E-state index contributed by atoms with van der Waals surface area (Å²) in [5.41, 5.74) is 5.49. The van der Waals surface area contributed by atoms with Crippen molar-refractivity contribution in [1.29, 1.82) is 0 Å². The van der Waals surface area contributed by atoms with Crippen LogP contribution in [0.2, 0.25) is 0 Å². The van der Waals surface area contributed by atoms with Crippen LogP contribution >= 0.6 is 15.9 Å². The van der Waals surface area contributed by atoms with Crippen molar-refractivity contribution in [3.8, 4) is 0 Å². The summed E-state index contributed by atoms with van der Waals surface area (Å²) in [5, 5.41) is 12.1. The number of anilines is 4. The third-order valence-corrected chi connectivity index (χ3v) is 6.55. The van der Waals surface area contributed by atoms with Gasteiger partial charge >= 0.3 is 0 Å². The van der Waals surface area contributed by atoms with Crippen molar-refractivity contribution in [2.75, 3.05) is 29.0 Å². The Hall–Kier alpha value is -3.21. The van der Waals surface area contributed by atoms with E-state index >= 15 is 0 Å². The Morgan fingerprint density at radius 3 is 2.57 bits per heavy atom. The molecule has 1 aromatic heterocycles. The van der Waals surface area contributed by atoms with Gasteiger partial charge in [-0.15, -0.1) is 0 Å². The van der Waals surface area contributed by atoms with Crippen LogP contribution in [0.25, 0.3) is 0 Å². The molecule has 1 saturated carbocycles. The van der Waals surface area contributed by atoms with Crippen LogP contribution in [0.15, 0.2) is 34.9 Å². The summed E-state index contributed by atoms with van der Waals surface area (Å²) in [6.45, 7) is 3.91. The number of nitrogens with two attached hydrogens (primary N) is 1. The van der Waals surface area contributed by atoms with E-state index in [1.54, 1.807) is 6.20 Å². The minimum atomic E-state index is -1.25. The van der Waals surface area contributed by atoms with Crippen molar-refractivity contribution in [1.82, 2.24) is 15.3 Å². The predicted molar refractivity (Wildman–Crippen MR) is 139 cm³/mol. The van der Waals surface area contributed by atoms with Gasteiger partial charge in [0.05, 0.1) is 4.47 Å². The number of carbonyl (C=O) groups is 3. The summed E-state index contributed by atoms with van der Waals surface area (Å²) in [6.07, 6.45) is 6.37. The summed E-state index contributed by atoms with van der Waals surface area (Å²) >= 11 is 3.44.